The summed E-state index contributed by atoms with van der Waals surface area (Å²) in [5.74, 6) is 0. The maximum atomic E-state index is 6.10. The smallest absolute Gasteiger partial charge is 0.0479 e. The molecule has 2 aliphatic heterocycles. The summed E-state index contributed by atoms with van der Waals surface area (Å²) in [7, 11) is 2.07. The van der Waals surface area contributed by atoms with E-state index in [1.54, 1.807) is 0 Å². The summed E-state index contributed by atoms with van der Waals surface area (Å²) < 4.78 is 0. The summed E-state index contributed by atoms with van der Waals surface area (Å²) in [4.78, 5) is 2.61. The molecule has 2 aliphatic rings. The molecule has 0 spiro atoms. The van der Waals surface area contributed by atoms with Crippen LogP contribution in [0.1, 0.15) is 36.4 Å². The first-order chi connectivity index (χ1) is 8.29. The number of rotatable bonds is 1. The molecule has 17 heavy (non-hydrogen) atoms. The Balaban J connectivity index is 2.01. The van der Waals surface area contributed by atoms with E-state index in [0.717, 1.165) is 11.6 Å². The highest BCUT2D eigenvalue weighted by Crippen LogP contribution is 2.37. The highest BCUT2D eigenvalue weighted by Gasteiger charge is 2.35. The fourth-order valence-corrected chi connectivity index (χ4v) is 3.57. The third-order valence-electron chi connectivity index (χ3n) is 4.17. The van der Waals surface area contributed by atoms with Crippen molar-refractivity contribution < 1.29 is 0 Å². The fraction of sp³-hybridized carbons (Fsp3) is 0.571. The number of halogens is 1. The van der Waals surface area contributed by atoms with Crippen molar-refractivity contribution in [2.45, 2.75) is 37.9 Å². The molecule has 3 heteroatoms. The van der Waals surface area contributed by atoms with Crippen LogP contribution in [-0.4, -0.2) is 24.5 Å². The molecule has 0 aromatic heterocycles. The molecule has 0 unspecified atom stereocenters. The van der Waals surface area contributed by atoms with Crippen LogP contribution in [0.5, 0.6) is 0 Å². The highest BCUT2D eigenvalue weighted by atomic mass is 35.5. The van der Waals surface area contributed by atoms with Gasteiger partial charge in [0, 0.05) is 23.7 Å². The van der Waals surface area contributed by atoms with Crippen LogP contribution in [0.2, 0.25) is 5.02 Å². The Morgan fingerprint density at radius 1 is 1.35 bits per heavy atom. The van der Waals surface area contributed by atoms with E-state index in [1.807, 2.05) is 6.07 Å². The van der Waals surface area contributed by atoms with E-state index in [1.165, 1.54) is 36.9 Å². The van der Waals surface area contributed by atoms with Crippen molar-refractivity contribution >= 4 is 11.6 Å². The SMILES string of the molecule is CN[C@@H]1c2ccc(Cl)cc2CN2CCCC[C@H]12. The van der Waals surface area contributed by atoms with Crippen LogP contribution < -0.4 is 5.32 Å². The van der Waals surface area contributed by atoms with E-state index in [2.05, 4.69) is 29.4 Å². The monoisotopic (exact) mass is 250 g/mol. The zero-order valence-corrected chi connectivity index (χ0v) is 11.0. The zero-order valence-electron chi connectivity index (χ0n) is 10.2. The standard InChI is InChI=1S/C14H19ClN2/c1-16-14-12-6-5-11(15)8-10(12)9-17-7-3-2-4-13(14)17/h5-6,8,13-14,16H,2-4,7,9H2,1H3/t13-,14-/m1/s1. The van der Waals surface area contributed by atoms with Gasteiger partial charge in [-0.05, 0) is 49.7 Å². The van der Waals surface area contributed by atoms with Gasteiger partial charge in [-0.15, -0.1) is 0 Å². The fourth-order valence-electron chi connectivity index (χ4n) is 3.38. The average molecular weight is 251 g/mol. The minimum atomic E-state index is 0.469. The lowest BCUT2D eigenvalue weighted by Gasteiger charge is -2.45. The highest BCUT2D eigenvalue weighted by molar-refractivity contribution is 6.30. The summed E-state index contributed by atoms with van der Waals surface area (Å²) >= 11 is 6.10. The first kappa shape index (κ1) is 11.5. The van der Waals surface area contributed by atoms with Crippen LogP contribution in [0.3, 0.4) is 0 Å². The minimum Gasteiger partial charge on any atom is -0.312 e. The second-order valence-corrected chi connectivity index (χ2v) is 5.58. The normalized spacial score (nSPS) is 28.6. The summed E-state index contributed by atoms with van der Waals surface area (Å²) in [5.41, 5.74) is 2.84. The van der Waals surface area contributed by atoms with E-state index in [9.17, 15) is 0 Å². The van der Waals surface area contributed by atoms with Gasteiger partial charge in [0.2, 0.25) is 0 Å². The molecular formula is C14H19ClN2. The Morgan fingerprint density at radius 3 is 3.06 bits per heavy atom. The molecule has 3 rings (SSSR count). The predicted octanol–water partition coefficient (Wildman–Crippen LogP) is 2.97. The van der Waals surface area contributed by atoms with Gasteiger partial charge in [0.25, 0.3) is 0 Å². The van der Waals surface area contributed by atoms with Crippen LogP contribution in [0.4, 0.5) is 0 Å². The molecule has 1 N–H and O–H groups in total. The largest absolute Gasteiger partial charge is 0.312 e. The van der Waals surface area contributed by atoms with Crippen molar-refractivity contribution in [1.29, 1.82) is 0 Å². The van der Waals surface area contributed by atoms with Crippen molar-refractivity contribution in [3.63, 3.8) is 0 Å². The van der Waals surface area contributed by atoms with Gasteiger partial charge in [0.15, 0.2) is 0 Å². The summed E-state index contributed by atoms with van der Waals surface area (Å²) in [6, 6.07) is 7.48. The topological polar surface area (TPSA) is 15.3 Å². The Kier molecular flexibility index (Phi) is 3.12. The summed E-state index contributed by atoms with van der Waals surface area (Å²) in [6.07, 6.45) is 4.01. The maximum Gasteiger partial charge on any atom is 0.0479 e. The van der Waals surface area contributed by atoms with Gasteiger partial charge in [-0.1, -0.05) is 24.1 Å². The Labute approximate surface area is 108 Å². The molecule has 1 aromatic carbocycles. The van der Waals surface area contributed by atoms with Crippen molar-refractivity contribution in [2.24, 2.45) is 0 Å². The number of benzene rings is 1. The lowest BCUT2D eigenvalue weighted by molar-refractivity contribution is 0.0945. The number of hydrogen-bond donors (Lipinski definition) is 1. The number of likely N-dealkylation sites (N-methyl/N-ethyl adjacent to an activating group) is 1. The van der Waals surface area contributed by atoms with E-state index < -0.39 is 0 Å². The van der Waals surface area contributed by atoms with E-state index in [-0.39, 0.29) is 0 Å². The van der Waals surface area contributed by atoms with Gasteiger partial charge < -0.3 is 5.32 Å². The van der Waals surface area contributed by atoms with Gasteiger partial charge >= 0.3 is 0 Å². The lowest BCUT2D eigenvalue weighted by Crippen LogP contribution is -2.49. The summed E-state index contributed by atoms with van der Waals surface area (Å²) in [6.45, 7) is 2.30. The van der Waals surface area contributed by atoms with E-state index >= 15 is 0 Å². The third kappa shape index (κ3) is 1.99. The Bertz CT molecular complexity index is 419. The first-order valence-electron chi connectivity index (χ1n) is 6.49. The molecule has 0 aliphatic carbocycles. The molecule has 1 fully saturated rings. The molecule has 2 heterocycles. The van der Waals surface area contributed by atoms with Crippen LogP contribution >= 0.6 is 11.6 Å². The zero-order chi connectivity index (χ0) is 11.8. The Morgan fingerprint density at radius 2 is 2.24 bits per heavy atom. The maximum absolute atomic E-state index is 6.10. The Hall–Kier alpha value is -0.570. The van der Waals surface area contributed by atoms with Crippen LogP contribution in [0, 0.1) is 0 Å². The third-order valence-corrected chi connectivity index (χ3v) is 4.41. The quantitative estimate of drug-likeness (QED) is 0.825. The lowest BCUT2D eigenvalue weighted by atomic mass is 9.84. The molecule has 2 atom stereocenters. The molecule has 1 saturated heterocycles. The minimum absolute atomic E-state index is 0.469. The van der Waals surface area contributed by atoms with Gasteiger partial charge in [0.1, 0.15) is 0 Å². The van der Waals surface area contributed by atoms with Gasteiger partial charge in [-0.2, -0.15) is 0 Å². The second-order valence-electron chi connectivity index (χ2n) is 5.14. The molecule has 0 saturated carbocycles. The number of nitrogens with one attached hydrogen (secondary N) is 1. The number of nitrogens with zero attached hydrogens (tertiary/aromatic N) is 1. The van der Waals surface area contributed by atoms with Crippen molar-refractivity contribution in [3.05, 3.63) is 34.3 Å². The molecule has 0 bridgehead atoms. The van der Waals surface area contributed by atoms with E-state index in [0.29, 0.717) is 12.1 Å². The van der Waals surface area contributed by atoms with Crippen molar-refractivity contribution in [1.82, 2.24) is 10.2 Å². The number of piperidine rings is 1. The molecular weight excluding hydrogens is 232 g/mol. The number of hydrogen-bond acceptors (Lipinski definition) is 2. The molecule has 1 aromatic rings. The van der Waals surface area contributed by atoms with Crippen LogP contribution in [0.15, 0.2) is 18.2 Å². The second kappa shape index (κ2) is 4.60. The van der Waals surface area contributed by atoms with Gasteiger partial charge in [-0.3, -0.25) is 4.90 Å². The predicted molar refractivity (Wildman–Crippen MR) is 71.3 cm³/mol. The van der Waals surface area contributed by atoms with Crippen molar-refractivity contribution in [3.8, 4) is 0 Å². The van der Waals surface area contributed by atoms with Crippen molar-refractivity contribution in [2.75, 3.05) is 13.6 Å². The van der Waals surface area contributed by atoms with Crippen LogP contribution in [-0.2, 0) is 6.54 Å². The first-order valence-corrected chi connectivity index (χ1v) is 6.87. The van der Waals surface area contributed by atoms with Gasteiger partial charge in [-0.25, -0.2) is 0 Å². The molecule has 2 nitrogen and oxygen atoms in total. The molecule has 0 amide bonds. The molecule has 92 valence electrons. The van der Waals surface area contributed by atoms with Gasteiger partial charge in [0.05, 0.1) is 0 Å². The molecule has 0 radical (unpaired) electrons. The average Bonchev–Trinajstić information content (AvgIpc) is 2.35. The summed E-state index contributed by atoms with van der Waals surface area (Å²) in [5, 5.41) is 4.35. The van der Waals surface area contributed by atoms with E-state index in [4.69, 9.17) is 11.6 Å². The number of fused-ring (bicyclic) bond motifs is 2. The van der Waals surface area contributed by atoms with Crippen LogP contribution in [0.25, 0.3) is 0 Å².